The number of aliphatic hydroxyl groups is 1. The summed E-state index contributed by atoms with van der Waals surface area (Å²) in [4.78, 5) is 0. The van der Waals surface area contributed by atoms with Gasteiger partial charge < -0.3 is 10.4 Å². The van der Waals surface area contributed by atoms with Crippen LogP contribution in [0.1, 0.15) is 34.1 Å². The van der Waals surface area contributed by atoms with Gasteiger partial charge in [0.15, 0.2) is 0 Å². The number of rotatable bonds is 3. The van der Waals surface area contributed by atoms with Crippen molar-refractivity contribution in [1.29, 1.82) is 0 Å². The Balaban J connectivity index is 3.47. The van der Waals surface area contributed by atoms with E-state index in [1.54, 1.807) is 0 Å². The monoisotopic (exact) mass is 145 g/mol. The highest BCUT2D eigenvalue weighted by atomic mass is 16.3. The second-order valence-corrected chi connectivity index (χ2v) is 3.81. The first-order valence-electron chi connectivity index (χ1n) is 3.84. The first-order chi connectivity index (χ1) is 4.45. The molecule has 0 rings (SSSR count). The van der Waals surface area contributed by atoms with E-state index in [9.17, 15) is 0 Å². The summed E-state index contributed by atoms with van der Waals surface area (Å²) < 4.78 is 0. The van der Waals surface area contributed by atoms with E-state index in [1.165, 1.54) is 0 Å². The zero-order valence-electron chi connectivity index (χ0n) is 7.44. The van der Waals surface area contributed by atoms with E-state index in [1.807, 2.05) is 0 Å². The lowest BCUT2D eigenvalue weighted by Gasteiger charge is -2.25. The SMILES string of the molecule is CC(CCO)NC(C)(C)C. The Morgan fingerprint density at radius 1 is 1.40 bits per heavy atom. The van der Waals surface area contributed by atoms with Crippen molar-refractivity contribution >= 4 is 0 Å². The normalized spacial score (nSPS) is 15.3. The molecule has 0 aromatic rings. The third kappa shape index (κ3) is 6.05. The van der Waals surface area contributed by atoms with Crippen LogP contribution in [0.3, 0.4) is 0 Å². The molecule has 0 saturated heterocycles. The van der Waals surface area contributed by atoms with E-state index in [-0.39, 0.29) is 12.1 Å². The van der Waals surface area contributed by atoms with E-state index >= 15 is 0 Å². The molecule has 0 aliphatic carbocycles. The predicted octanol–water partition coefficient (Wildman–Crippen LogP) is 1.15. The summed E-state index contributed by atoms with van der Waals surface area (Å²) in [5, 5.41) is 12.0. The maximum atomic E-state index is 8.59. The smallest absolute Gasteiger partial charge is 0.0445 e. The average molecular weight is 145 g/mol. The van der Waals surface area contributed by atoms with Crippen LogP contribution in [0, 0.1) is 0 Å². The van der Waals surface area contributed by atoms with Crippen molar-refractivity contribution in [2.75, 3.05) is 6.61 Å². The van der Waals surface area contributed by atoms with Gasteiger partial charge in [-0.25, -0.2) is 0 Å². The number of nitrogens with one attached hydrogen (secondary N) is 1. The van der Waals surface area contributed by atoms with Gasteiger partial charge in [0.25, 0.3) is 0 Å². The second kappa shape index (κ2) is 3.94. The van der Waals surface area contributed by atoms with Gasteiger partial charge in [-0.05, 0) is 34.1 Å². The van der Waals surface area contributed by atoms with Crippen molar-refractivity contribution in [1.82, 2.24) is 5.32 Å². The van der Waals surface area contributed by atoms with Gasteiger partial charge in [0.1, 0.15) is 0 Å². The number of hydrogen-bond donors (Lipinski definition) is 2. The van der Waals surface area contributed by atoms with Crippen LogP contribution in [0.4, 0.5) is 0 Å². The van der Waals surface area contributed by atoms with Crippen LogP contribution >= 0.6 is 0 Å². The average Bonchev–Trinajstić information content (AvgIpc) is 1.59. The van der Waals surface area contributed by atoms with Crippen molar-refractivity contribution in [3.8, 4) is 0 Å². The summed E-state index contributed by atoms with van der Waals surface area (Å²) in [5.74, 6) is 0. The first-order valence-corrected chi connectivity index (χ1v) is 3.84. The molecule has 2 nitrogen and oxygen atoms in total. The Morgan fingerprint density at radius 3 is 2.20 bits per heavy atom. The highest BCUT2D eigenvalue weighted by Gasteiger charge is 2.12. The van der Waals surface area contributed by atoms with Gasteiger partial charge in [-0.1, -0.05) is 0 Å². The molecule has 0 radical (unpaired) electrons. The zero-order chi connectivity index (χ0) is 8.20. The van der Waals surface area contributed by atoms with E-state index in [2.05, 4.69) is 33.0 Å². The molecule has 10 heavy (non-hydrogen) atoms. The van der Waals surface area contributed by atoms with Gasteiger partial charge in [0.05, 0.1) is 0 Å². The largest absolute Gasteiger partial charge is 0.396 e. The van der Waals surface area contributed by atoms with Crippen molar-refractivity contribution in [3.63, 3.8) is 0 Å². The minimum absolute atomic E-state index is 0.161. The summed E-state index contributed by atoms with van der Waals surface area (Å²) >= 11 is 0. The highest BCUT2D eigenvalue weighted by Crippen LogP contribution is 2.02. The van der Waals surface area contributed by atoms with E-state index in [0.29, 0.717) is 6.04 Å². The van der Waals surface area contributed by atoms with Gasteiger partial charge in [-0.2, -0.15) is 0 Å². The Kier molecular flexibility index (Phi) is 3.91. The van der Waals surface area contributed by atoms with Crippen molar-refractivity contribution in [2.45, 2.75) is 45.7 Å². The molecule has 0 saturated carbocycles. The van der Waals surface area contributed by atoms with E-state index in [0.717, 1.165) is 6.42 Å². The lowest BCUT2D eigenvalue weighted by molar-refractivity contribution is 0.253. The first kappa shape index (κ1) is 9.92. The molecule has 1 unspecified atom stereocenters. The van der Waals surface area contributed by atoms with Crippen LogP contribution in [0.25, 0.3) is 0 Å². The van der Waals surface area contributed by atoms with Gasteiger partial charge >= 0.3 is 0 Å². The lowest BCUT2D eigenvalue weighted by atomic mass is 10.1. The molecule has 0 aromatic heterocycles. The van der Waals surface area contributed by atoms with Crippen molar-refractivity contribution < 1.29 is 5.11 Å². The fourth-order valence-electron chi connectivity index (χ4n) is 1.01. The molecule has 0 amide bonds. The molecular weight excluding hydrogens is 126 g/mol. The van der Waals surface area contributed by atoms with Gasteiger partial charge in [0.2, 0.25) is 0 Å². The van der Waals surface area contributed by atoms with Crippen LogP contribution in [-0.4, -0.2) is 23.3 Å². The number of hydrogen-bond acceptors (Lipinski definition) is 2. The van der Waals surface area contributed by atoms with Gasteiger partial charge in [0, 0.05) is 18.2 Å². The molecule has 0 fully saturated rings. The van der Waals surface area contributed by atoms with Crippen LogP contribution in [0.15, 0.2) is 0 Å². The molecular formula is C8H19NO. The number of aliphatic hydroxyl groups excluding tert-OH is 1. The van der Waals surface area contributed by atoms with Gasteiger partial charge in [-0.15, -0.1) is 0 Å². The summed E-state index contributed by atoms with van der Waals surface area (Å²) in [7, 11) is 0. The Labute approximate surface area is 63.6 Å². The van der Waals surface area contributed by atoms with Gasteiger partial charge in [-0.3, -0.25) is 0 Å². The summed E-state index contributed by atoms with van der Waals surface area (Å²) in [6.45, 7) is 8.73. The molecule has 2 heteroatoms. The van der Waals surface area contributed by atoms with Crippen molar-refractivity contribution in [2.24, 2.45) is 0 Å². The standard InChI is InChI=1S/C8H19NO/c1-7(5-6-10)9-8(2,3)4/h7,9-10H,5-6H2,1-4H3. The predicted molar refractivity (Wildman–Crippen MR) is 44.1 cm³/mol. The molecule has 0 spiro atoms. The van der Waals surface area contributed by atoms with Crippen LogP contribution in [-0.2, 0) is 0 Å². The topological polar surface area (TPSA) is 32.3 Å². The highest BCUT2D eigenvalue weighted by molar-refractivity contribution is 4.74. The molecule has 2 N–H and O–H groups in total. The lowest BCUT2D eigenvalue weighted by Crippen LogP contribution is -2.42. The Bertz CT molecular complexity index is 85.7. The third-order valence-electron chi connectivity index (χ3n) is 1.24. The zero-order valence-corrected chi connectivity index (χ0v) is 7.44. The molecule has 0 aromatic carbocycles. The third-order valence-corrected chi connectivity index (χ3v) is 1.24. The van der Waals surface area contributed by atoms with Crippen LogP contribution in [0.2, 0.25) is 0 Å². The molecule has 0 aliphatic heterocycles. The fourth-order valence-corrected chi connectivity index (χ4v) is 1.01. The van der Waals surface area contributed by atoms with Crippen molar-refractivity contribution in [3.05, 3.63) is 0 Å². The maximum absolute atomic E-state index is 8.59. The molecule has 62 valence electrons. The Hall–Kier alpha value is -0.0800. The second-order valence-electron chi connectivity index (χ2n) is 3.81. The maximum Gasteiger partial charge on any atom is 0.0445 e. The molecule has 0 aliphatic rings. The van der Waals surface area contributed by atoms with E-state index < -0.39 is 0 Å². The quantitative estimate of drug-likeness (QED) is 0.624. The summed E-state index contributed by atoms with van der Waals surface area (Å²) in [6, 6.07) is 0.407. The fraction of sp³-hybridized carbons (Fsp3) is 1.00. The molecule has 0 heterocycles. The minimum Gasteiger partial charge on any atom is -0.396 e. The molecule has 0 bridgehead atoms. The van der Waals surface area contributed by atoms with Crippen LogP contribution in [0.5, 0.6) is 0 Å². The van der Waals surface area contributed by atoms with Crippen LogP contribution < -0.4 is 5.32 Å². The molecule has 1 atom stereocenters. The van der Waals surface area contributed by atoms with E-state index in [4.69, 9.17) is 5.11 Å². The minimum atomic E-state index is 0.161. The summed E-state index contributed by atoms with van der Waals surface area (Å²) in [5.41, 5.74) is 0.161. The summed E-state index contributed by atoms with van der Waals surface area (Å²) in [6.07, 6.45) is 0.831. The Morgan fingerprint density at radius 2 is 1.90 bits per heavy atom.